The molecule has 24 heavy (non-hydrogen) atoms. The van der Waals surface area contributed by atoms with E-state index in [1.54, 1.807) is 7.11 Å². The van der Waals surface area contributed by atoms with Crippen LogP contribution in [0.25, 0.3) is 0 Å². The molecule has 0 bridgehead atoms. The van der Waals surface area contributed by atoms with Crippen molar-refractivity contribution >= 4 is 11.6 Å². The third-order valence-corrected chi connectivity index (χ3v) is 3.33. The molecule has 0 aromatic heterocycles. The molecular weight excluding hydrogens is 306 g/mol. The van der Waals surface area contributed by atoms with Crippen molar-refractivity contribution in [3.05, 3.63) is 48.5 Å². The first-order valence-corrected chi connectivity index (χ1v) is 8.01. The van der Waals surface area contributed by atoms with Gasteiger partial charge in [0.25, 0.3) is 0 Å². The van der Waals surface area contributed by atoms with E-state index in [1.807, 2.05) is 55.5 Å². The Bertz CT molecular complexity index is 640. The zero-order valence-electron chi connectivity index (χ0n) is 14.1. The minimum absolute atomic E-state index is 0.0399. The van der Waals surface area contributed by atoms with Gasteiger partial charge in [-0.25, -0.2) is 0 Å². The number of para-hydroxylation sites is 2. The molecule has 0 atom stereocenters. The molecule has 2 rings (SSSR count). The monoisotopic (exact) mass is 329 g/mol. The molecule has 2 aromatic carbocycles. The van der Waals surface area contributed by atoms with Gasteiger partial charge in [0.1, 0.15) is 5.75 Å². The van der Waals surface area contributed by atoms with Crippen LogP contribution in [0.1, 0.15) is 19.8 Å². The lowest BCUT2D eigenvalue weighted by Crippen LogP contribution is -2.12. The molecule has 1 amide bonds. The Morgan fingerprint density at radius 2 is 1.67 bits per heavy atom. The number of anilines is 1. The van der Waals surface area contributed by atoms with Crippen LogP contribution in [0.15, 0.2) is 48.5 Å². The van der Waals surface area contributed by atoms with Crippen LogP contribution in [0.4, 0.5) is 5.69 Å². The van der Waals surface area contributed by atoms with Crippen LogP contribution in [-0.4, -0.2) is 26.2 Å². The minimum Gasteiger partial charge on any atom is -0.497 e. The molecule has 0 saturated carbocycles. The molecule has 0 aliphatic rings. The number of hydrogen-bond acceptors (Lipinski definition) is 4. The van der Waals surface area contributed by atoms with Crippen molar-refractivity contribution in [2.45, 2.75) is 19.8 Å². The molecule has 1 N–H and O–H groups in total. The van der Waals surface area contributed by atoms with E-state index < -0.39 is 0 Å². The number of ether oxygens (including phenoxy) is 3. The topological polar surface area (TPSA) is 56.8 Å². The van der Waals surface area contributed by atoms with E-state index in [9.17, 15) is 4.79 Å². The summed E-state index contributed by atoms with van der Waals surface area (Å²) in [5.41, 5.74) is 0.753. The molecule has 2 aromatic rings. The molecule has 0 heterocycles. The van der Waals surface area contributed by atoms with Gasteiger partial charge >= 0.3 is 0 Å². The van der Waals surface area contributed by atoms with Crippen molar-refractivity contribution in [3.8, 4) is 17.2 Å². The summed E-state index contributed by atoms with van der Waals surface area (Å²) in [5, 5.41) is 2.85. The number of nitrogens with one attached hydrogen (secondary N) is 1. The standard InChI is InChI=1S/C19H23NO4/c1-3-23-17-7-4-5-8-18(17)24-14-6-9-19(21)20-15-10-12-16(22-2)13-11-15/h4-5,7-8,10-13H,3,6,9,14H2,1-2H3,(H,20,21). The Kier molecular flexibility index (Phi) is 6.95. The van der Waals surface area contributed by atoms with Gasteiger partial charge in [-0.15, -0.1) is 0 Å². The Labute approximate surface area is 142 Å². The Balaban J connectivity index is 1.72. The van der Waals surface area contributed by atoms with Crippen LogP contribution in [-0.2, 0) is 4.79 Å². The molecule has 0 saturated heterocycles. The summed E-state index contributed by atoms with van der Waals surface area (Å²) in [7, 11) is 1.61. The van der Waals surface area contributed by atoms with E-state index in [2.05, 4.69) is 5.32 Å². The van der Waals surface area contributed by atoms with Gasteiger partial charge in [0, 0.05) is 12.1 Å². The predicted octanol–water partition coefficient (Wildman–Crippen LogP) is 3.89. The third kappa shape index (κ3) is 5.50. The van der Waals surface area contributed by atoms with E-state index in [-0.39, 0.29) is 5.91 Å². The fourth-order valence-electron chi connectivity index (χ4n) is 2.16. The number of carbonyl (C=O) groups is 1. The molecule has 5 nitrogen and oxygen atoms in total. The summed E-state index contributed by atoms with van der Waals surface area (Å²) in [4.78, 5) is 11.9. The quantitative estimate of drug-likeness (QED) is 0.709. The summed E-state index contributed by atoms with van der Waals surface area (Å²) in [6.45, 7) is 2.98. The predicted molar refractivity (Wildman–Crippen MR) is 94.0 cm³/mol. The van der Waals surface area contributed by atoms with Gasteiger partial charge in [0.2, 0.25) is 5.91 Å². The van der Waals surface area contributed by atoms with Gasteiger partial charge in [0.15, 0.2) is 11.5 Å². The lowest BCUT2D eigenvalue weighted by molar-refractivity contribution is -0.116. The van der Waals surface area contributed by atoms with Crippen LogP contribution in [0, 0.1) is 0 Å². The summed E-state index contributed by atoms with van der Waals surface area (Å²) in [5.74, 6) is 2.15. The highest BCUT2D eigenvalue weighted by atomic mass is 16.5. The smallest absolute Gasteiger partial charge is 0.224 e. The van der Waals surface area contributed by atoms with Gasteiger partial charge in [-0.2, -0.15) is 0 Å². The summed E-state index contributed by atoms with van der Waals surface area (Å²) in [6.07, 6.45) is 1.02. The number of methoxy groups -OCH3 is 1. The lowest BCUT2D eigenvalue weighted by atomic mass is 10.2. The van der Waals surface area contributed by atoms with Crippen molar-refractivity contribution in [2.24, 2.45) is 0 Å². The van der Waals surface area contributed by atoms with Crippen molar-refractivity contribution < 1.29 is 19.0 Å². The number of rotatable bonds is 9. The number of amides is 1. The highest BCUT2D eigenvalue weighted by Crippen LogP contribution is 2.26. The minimum atomic E-state index is -0.0399. The van der Waals surface area contributed by atoms with E-state index in [4.69, 9.17) is 14.2 Å². The molecular formula is C19H23NO4. The first-order chi connectivity index (χ1) is 11.7. The fourth-order valence-corrected chi connectivity index (χ4v) is 2.16. The fraction of sp³-hybridized carbons (Fsp3) is 0.316. The second kappa shape index (κ2) is 9.45. The molecule has 128 valence electrons. The second-order valence-corrected chi connectivity index (χ2v) is 5.11. The average Bonchev–Trinajstić information content (AvgIpc) is 2.61. The maximum absolute atomic E-state index is 11.9. The number of carbonyl (C=O) groups excluding carboxylic acids is 1. The van der Waals surface area contributed by atoms with E-state index >= 15 is 0 Å². The van der Waals surface area contributed by atoms with Gasteiger partial charge < -0.3 is 19.5 Å². The van der Waals surface area contributed by atoms with Crippen LogP contribution >= 0.6 is 0 Å². The first-order valence-electron chi connectivity index (χ1n) is 8.01. The molecule has 0 spiro atoms. The molecule has 0 radical (unpaired) electrons. The van der Waals surface area contributed by atoms with Crippen molar-refractivity contribution in [3.63, 3.8) is 0 Å². The van der Waals surface area contributed by atoms with E-state index in [1.165, 1.54) is 0 Å². The highest BCUT2D eigenvalue weighted by Gasteiger charge is 2.05. The van der Waals surface area contributed by atoms with Crippen molar-refractivity contribution in [2.75, 3.05) is 25.6 Å². The lowest BCUT2D eigenvalue weighted by Gasteiger charge is -2.11. The van der Waals surface area contributed by atoms with E-state index in [0.29, 0.717) is 31.8 Å². The zero-order valence-corrected chi connectivity index (χ0v) is 14.1. The SMILES string of the molecule is CCOc1ccccc1OCCCC(=O)Nc1ccc(OC)cc1. The molecule has 0 aliphatic carbocycles. The summed E-state index contributed by atoms with van der Waals surface area (Å²) < 4.78 is 16.3. The van der Waals surface area contributed by atoms with Gasteiger partial charge in [-0.1, -0.05) is 12.1 Å². The molecule has 0 fully saturated rings. The maximum atomic E-state index is 11.9. The van der Waals surface area contributed by atoms with E-state index in [0.717, 1.165) is 17.2 Å². The molecule has 0 unspecified atom stereocenters. The van der Waals surface area contributed by atoms with Crippen molar-refractivity contribution in [1.29, 1.82) is 0 Å². The molecule has 0 aliphatic heterocycles. The Morgan fingerprint density at radius 1 is 1.00 bits per heavy atom. The van der Waals surface area contributed by atoms with Crippen LogP contribution in [0.3, 0.4) is 0 Å². The summed E-state index contributed by atoms with van der Waals surface area (Å²) >= 11 is 0. The average molecular weight is 329 g/mol. The van der Waals surface area contributed by atoms with Crippen LogP contribution in [0.5, 0.6) is 17.2 Å². The maximum Gasteiger partial charge on any atom is 0.224 e. The van der Waals surface area contributed by atoms with Crippen molar-refractivity contribution in [1.82, 2.24) is 0 Å². The van der Waals surface area contributed by atoms with Gasteiger partial charge in [0.05, 0.1) is 20.3 Å². The second-order valence-electron chi connectivity index (χ2n) is 5.11. The normalized spacial score (nSPS) is 10.1. The first kappa shape index (κ1) is 17.7. The highest BCUT2D eigenvalue weighted by molar-refractivity contribution is 5.90. The Morgan fingerprint density at radius 3 is 2.29 bits per heavy atom. The number of hydrogen-bond donors (Lipinski definition) is 1. The van der Waals surface area contributed by atoms with Gasteiger partial charge in [-0.05, 0) is 49.7 Å². The summed E-state index contributed by atoms with van der Waals surface area (Å²) in [6, 6.07) is 14.8. The van der Waals surface area contributed by atoms with Crippen LogP contribution < -0.4 is 19.5 Å². The largest absolute Gasteiger partial charge is 0.497 e. The zero-order chi connectivity index (χ0) is 17.2. The van der Waals surface area contributed by atoms with Gasteiger partial charge in [-0.3, -0.25) is 4.79 Å². The molecule has 5 heteroatoms. The van der Waals surface area contributed by atoms with Crippen LogP contribution in [0.2, 0.25) is 0 Å². The Hall–Kier alpha value is -2.69. The number of benzene rings is 2. The third-order valence-electron chi connectivity index (χ3n) is 3.33.